The van der Waals surface area contributed by atoms with Crippen molar-refractivity contribution in [1.29, 1.82) is 0 Å². The standard InChI is InChI=1S/C46H84O2/c1-3-5-7-9-11-13-15-17-19-21-23-25-27-29-31-33-35-37-39-41-43-45-44(46(47)48-45)42-40-38-36-34-32-30-28-26-24-22-20-18-16-14-12-10-8-6-4-2/h29-32,43-44H,3-28,33-42H2,1-2H3/b31-29+,32-30+,45-43+. The fraction of sp³-hybridized carbons (Fsp3) is 0.848. The molecule has 2 nitrogen and oxygen atoms in total. The fourth-order valence-electron chi connectivity index (χ4n) is 7.05. The van der Waals surface area contributed by atoms with E-state index in [0.29, 0.717) is 0 Å². The average Bonchev–Trinajstić information content (AvgIpc) is 3.09. The molecule has 0 bridgehead atoms. The first-order valence-corrected chi connectivity index (χ1v) is 22.0. The van der Waals surface area contributed by atoms with Gasteiger partial charge in [-0.1, -0.05) is 199 Å². The van der Waals surface area contributed by atoms with Crippen molar-refractivity contribution in [1.82, 2.24) is 0 Å². The van der Waals surface area contributed by atoms with Crippen LogP contribution in [0.5, 0.6) is 0 Å². The number of hydrogen-bond acceptors (Lipinski definition) is 2. The molecular formula is C46H84O2. The van der Waals surface area contributed by atoms with Crippen molar-refractivity contribution < 1.29 is 9.53 Å². The normalized spacial score (nSPS) is 15.7. The van der Waals surface area contributed by atoms with E-state index in [-0.39, 0.29) is 11.9 Å². The minimum absolute atomic E-state index is 0.00172. The summed E-state index contributed by atoms with van der Waals surface area (Å²) in [6.07, 6.45) is 60.2. The molecule has 1 unspecified atom stereocenters. The van der Waals surface area contributed by atoms with Crippen molar-refractivity contribution in [2.45, 2.75) is 245 Å². The van der Waals surface area contributed by atoms with Crippen molar-refractivity contribution in [2.75, 3.05) is 0 Å². The highest BCUT2D eigenvalue weighted by molar-refractivity contribution is 5.82. The Morgan fingerprint density at radius 2 is 0.688 bits per heavy atom. The van der Waals surface area contributed by atoms with Gasteiger partial charge in [-0.25, -0.2) is 0 Å². The summed E-state index contributed by atoms with van der Waals surface area (Å²) in [5.41, 5.74) is 0. The minimum Gasteiger partial charge on any atom is -0.430 e. The van der Waals surface area contributed by atoms with Crippen LogP contribution in [0.1, 0.15) is 245 Å². The van der Waals surface area contributed by atoms with Crippen molar-refractivity contribution in [3.8, 4) is 0 Å². The van der Waals surface area contributed by atoms with Gasteiger partial charge in [-0.15, -0.1) is 0 Å². The van der Waals surface area contributed by atoms with Gasteiger partial charge in [0.2, 0.25) is 0 Å². The Balaban J connectivity index is 1.84. The van der Waals surface area contributed by atoms with Gasteiger partial charge in [-0.2, -0.15) is 0 Å². The van der Waals surface area contributed by atoms with Crippen LogP contribution in [-0.2, 0) is 9.53 Å². The smallest absolute Gasteiger partial charge is 0.321 e. The van der Waals surface area contributed by atoms with E-state index < -0.39 is 0 Å². The Kier molecular flexibility index (Phi) is 34.4. The molecule has 0 spiro atoms. The van der Waals surface area contributed by atoms with E-state index in [1.807, 2.05) is 0 Å². The maximum absolute atomic E-state index is 12.0. The number of allylic oxidation sites excluding steroid dienone is 5. The first-order chi connectivity index (χ1) is 23.8. The van der Waals surface area contributed by atoms with Crippen molar-refractivity contribution in [3.05, 3.63) is 36.1 Å². The highest BCUT2D eigenvalue weighted by atomic mass is 16.6. The summed E-state index contributed by atoms with van der Waals surface area (Å²) in [7, 11) is 0. The Labute approximate surface area is 301 Å². The van der Waals surface area contributed by atoms with Gasteiger partial charge in [-0.05, 0) is 76.7 Å². The number of carbonyl (C=O) groups is 1. The van der Waals surface area contributed by atoms with Gasteiger partial charge in [0, 0.05) is 0 Å². The molecule has 0 aromatic rings. The lowest BCUT2D eigenvalue weighted by Crippen LogP contribution is -2.32. The summed E-state index contributed by atoms with van der Waals surface area (Å²) in [6, 6.07) is 0. The third-order valence-corrected chi connectivity index (χ3v) is 10.4. The summed E-state index contributed by atoms with van der Waals surface area (Å²) in [4.78, 5) is 12.0. The zero-order valence-electron chi connectivity index (χ0n) is 32.7. The molecule has 1 heterocycles. The van der Waals surface area contributed by atoms with Crippen LogP contribution in [0.2, 0.25) is 0 Å². The molecule has 0 saturated carbocycles. The number of ether oxygens (including phenoxy) is 1. The first kappa shape index (κ1) is 44.7. The molecular weight excluding hydrogens is 585 g/mol. The summed E-state index contributed by atoms with van der Waals surface area (Å²) in [5.74, 6) is 1.01. The van der Waals surface area contributed by atoms with E-state index in [2.05, 4.69) is 44.2 Å². The maximum Gasteiger partial charge on any atom is 0.321 e. The lowest BCUT2D eigenvalue weighted by Gasteiger charge is -2.28. The van der Waals surface area contributed by atoms with Gasteiger partial charge in [0.25, 0.3) is 0 Å². The molecule has 0 N–H and O–H groups in total. The second-order valence-corrected chi connectivity index (χ2v) is 15.2. The molecule has 280 valence electrons. The van der Waals surface area contributed by atoms with Gasteiger partial charge in [0.1, 0.15) is 11.7 Å². The van der Waals surface area contributed by atoms with E-state index in [1.165, 1.54) is 212 Å². The Morgan fingerprint density at radius 1 is 0.396 bits per heavy atom. The zero-order valence-corrected chi connectivity index (χ0v) is 32.7. The van der Waals surface area contributed by atoms with Gasteiger partial charge in [-0.3, -0.25) is 4.79 Å². The predicted molar refractivity (Wildman–Crippen MR) is 214 cm³/mol. The Bertz CT molecular complexity index is 762. The molecule has 48 heavy (non-hydrogen) atoms. The van der Waals surface area contributed by atoms with Crippen LogP contribution in [0.4, 0.5) is 0 Å². The number of carbonyl (C=O) groups excluding carboxylic acids is 1. The second-order valence-electron chi connectivity index (χ2n) is 15.2. The molecule has 1 saturated heterocycles. The van der Waals surface area contributed by atoms with Crippen LogP contribution in [0.15, 0.2) is 36.1 Å². The number of unbranched alkanes of at least 4 members (excludes halogenated alkanes) is 31. The fourth-order valence-corrected chi connectivity index (χ4v) is 7.05. The average molecular weight is 669 g/mol. The Hall–Kier alpha value is -1.31. The molecule has 1 aliphatic heterocycles. The summed E-state index contributed by atoms with van der Waals surface area (Å²) >= 11 is 0. The quantitative estimate of drug-likeness (QED) is 0.0372. The van der Waals surface area contributed by atoms with Crippen LogP contribution >= 0.6 is 0 Å². The molecule has 1 atom stereocenters. The maximum atomic E-state index is 12.0. The molecule has 1 rings (SSSR count). The molecule has 0 aliphatic carbocycles. The molecule has 2 heteroatoms. The third kappa shape index (κ3) is 29.6. The van der Waals surface area contributed by atoms with Crippen molar-refractivity contribution in [3.63, 3.8) is 0 Å². The zero-order chi connectivity index (χ0) is 34.4. The number of esters is 1. The van der Waals surface area contributed by atoms with E-state index in [9.17, 15) is 4.79 Å². The topological polar surface area (TPSA) is 26.3 Å². The number of rotatable bonds is 38. The SMILES string of the molecule is CCCCCCCCCCCCCC/C=C/CCCCC/C=C1/OC(=O)C1CCCCC/C=C/CCCCCCCCCCCCCC. The van der Waals surface area contributed by atoms with E-state index in [4.69, 9.17) is 4.74 Å². The largest absolute Gasteiger partial charge is 0.430 e. The molecule has 0 amide bonds. The van der Waals surface area contributed by atoms with Crippen molar-refractivity contribution >= 4 is 5.97 Å². The van der Waals surface area contributed by atoms with Crippen LogP contribution in [-0.4, -0.2) is 5.97 Å². The van der Waals surface area contributed by atoms with Gasteiger partial charge in [0.05, 0.1) is 0 Å². The van der Waals surface area contributed by atoms with Crippen LogP contribution in [0.25, 0.3) is 0 Å². The van der Waals surface area contributed by atoms with Gasteiger partial charge >= 0.3 is 5.97 Å². The monoisotopic (exact) mass is 669 g/mol. The molecule has 0 aromatic heterocycles. The molecule has 0 radical (unpaired) electrons. The summed E-state index contributed by atoms with van der Waals surface area (Å²) in [6.45, 7) is 4.59. The van der Waals surface area contributed by atoms with Crippen molar-refractivity contribution in [2.24, 2.45) is 5.92 Å². The number of hydrogen-bond donors (Lipinski definition) is 0. The lowest BCUT2D eigenvalue weighted by molar-refractivity contribution is -0.157. The number of cyclic esters (lactones) is 1. The van der Waals surface area contributed by atoms with Gasteiger partial charge < -0.3 is 4.74 Å². The van der Waals surface area contributed by atoms with E-state index in [1.54, 1.807) is 0 Å². The lowest BCUT2D eigenvalue weighted by atomic mass is 9.93. The van der Waals surface area contributed by atoms with Crippen LogP contribution < -0.4 is 0 Å². The Morgan fingerprint density at radius 3 is 1.04 bits per heavy atom. The molecule has 1 fully saturated rings. The minimum atomic E-state index is 0.00172. The highest BCUT2D eigenvalue weighted by Gasteiger charge is 2.36. The highest BCUT2D eigenvalue weighted by Crippen LogP contribution is 2.32. The van der Waals surface area contributed by atoms with E-state index >= 15 is 0 Å². The van der Waals surface area contributed by atoms with Crippen LogP contribution in [0.3, 0.4) is 0 Å². The second kappa shape index (κ2) is 37.0. The van der Waals surface area contributed by atoms with Crippen LogP contribution in [0, 0.1) is 5.92 Å². The summed E-state index contributed by atoms with van der Waals surface area (Å²) < 4.78 is 5.38. The first-order valence-electron chi connectivity index (χ1n) is 22.0. The summed E-state index contributed by atoms with van der Waals surface area (Å²) in [5, 5.41) is 0. The predicted octanol–water partition coefficient (Wildman–Crippen LogP) is 16.2. The van der Waals surface area contributed by atoms with E-state index in [0.717, 1.165) is 25.0 Å². The third-order valence-electron chi connectivity index (χ3n) is 10.4. The van der Waals surface area contributed by atoms with Gasteiger partial charge in [0.15, 0.2) is 0 Å². The molecule has 0 aromatic carbocycles. The molecule has 1 aliphatic rings.